The molecule has 0 atom stereocenters. The van der Waals surface area contributed by atoms with Crippen molar-refractivity contribution in [2.75, 3.05) is 6.61 Å². The van der Waals surface area contributed by atoms with Crippen molar-refractivity contribution in [2.24, 2.45) is 0 Å². The summed E-state index contributed by atoms with van der Waals surface area (Å²) in [5.41, 5.74) is 8.53. The smallest absolute Gasteiger partial charge is 0.119 e. The second-order valence-corrected chi connectivity index (χ2v) is 8.86. The fraction of sp³-hybridized carbons (Fsp3) is 0.194. The SMILES string of the molecule is Cc1ccc(OCCCn2c(Cc3ccc(-c4ccccc4)cc3)nc3ccccc32)cc1C. The molecule has 0 spiro atoms. The first-order valence-corrected chi connectivity index (χ1v) is 12.0. The molecule has 1 heterocycles. The predicted molar refractivity (Wildman–Crippen MR) is 140 cm³/mol. The topological polar surface area (TPSA) is 27.1 Å². The molecule has 0 saturated carbocycles. The molecule has 0 aliphatic heterocycles. The van der Waals surface area contributed by atoms with E-state index in [1.807, 2.05) is 0 Å². The molecular weight excluding hydrogens is 416 g/mol. The number of hydrogen-bond acceptors (Lipinski definition) is 2. The first kappa shape index (κ1) is 22.0. The van der Waals surface area contributed by atoms with Gasteiger partial charge in [-0.05, 0) is 72.4 Å². The van der Waals surface area contributed by atoms with Crippen molar-refractivity contribution in [1.82, 2.24) is 9.55 Å². The molecule has 3 nitrogen and oxygen atoms in total. The van der Waals surface area contributed by atoms with E-state index in [9.17, 15) is 0 Å². The molecule has 0 radical (unpaired) electrons. The standard InChI is InChI=1S/C31H30N2O/c1-23-13-18-28(21-24(23)2)34-20-8-19-33-30-12-7-6-11-29(30)32-31(33)22-25-14-16-27(17-15-25)26-9-4-3-5-10-26/h3-7,9-18,21H,8,19-20,22H2,1-2H3. The van der Waals surface area contributed by atoms with Crippen LogP contribution in [0.2, 0.25) is 0 Å². The molecule has 0 amide bonds. The van der Waals surface area contributed by atoms with Gasteiger partial charge < -0.3 is 9.30 Å². The van der Waals surface area contributed by atoms with Crippen LogP contribution in [0.4, 0.5) is 0 Å². The summed E-state index contributed by atoms with van der Waals surface area (Å²) >= 11 is 0. The Labute approximate surface area is 201 Å². The highest BCUT2D eigenvalue weighted by molar-refractivity contribution is 5.76. The van der Waals surface area contributed by atoms with Gasteiger partial charge in [-0.2, -0.15) is 0 Å². The number of aryl methyl sites for hydroxylation is 3. The minimum Gasteiger partial charge on any atom is -0.494 e. The van der Waals surface area contributed by atoms with Crippen molar-refractivity contribution >= 4 is 11.0 Å². The Morgan fingerprint density at radius 2 is 1.47 bits per heavy atom. The highest BCUT2D eigenvalue weighted by Crippen LogP contribution is 2.23. The summed E-state index contributed by atoms with van der Waals surface area (Å²) in [7, 11) is 0. The van der Waals surface area contributed by atoms with E-state index >= 15 is 0 Å². The summed E-state index contributed by atoms with van der Waals surface area (Å²) in [5.74, 6) is 2.04. The van der Waals surface area contributed by atoms with Crippen LogP contribution in [0.15, 0.2) is 97.1 Å². The van der Waals surface area contributed by atoms with Gasteiger partial charge in [-0.15, -0.1) is 0 Å². The first-order chi connectivity index (χ1) is 16.7. The van der Waals surface area contributed by atoms with Gasteiger partial charge in [0.05, 0.1) is 17.6 Å². The third-order valence-electron chi connectivity index (χ3n) is 6.43. The molecule has 0 aliphatic rings. The molecule has 0 N–H and O–H groups in total. The van der Waals surface area contributed by atoms with E-state index in [2.05, 4.69) is 115 Å². The van der Waals surface area contributed by atoms with Crippen LogP contribution in [0.25, 0.3) is 22.2 Å². The number of ether oxygens (including phenoxy) is 1. The molecule has 0 fully saturated rings. The van der Waals surface area contributed by atoms with Crippen LogP contribution in [0.1, 0.15) is 28.9 Å². The lowest BCUT2D eigenvalue weighted by Crippen LogP contribution is -2.08. The van der Waals surface area contributed by atoms with Crippen molar-refractivity contribution < 1.29 is 4.74 Å². The van der Waals surface area contributed by atoms with Gasteiger partial charge in [-0.25, -0.2) is 4.98 Å². The summed E-state index contributed by atoms with van der Waals surface area (Å²) in [6.45, 7) is 5.81. The van der Waals surface area contributed by atoms with Gasteiger partial charge in [0.25, 0.3) is 0 Å². The molecule has 0 aliphatic carbocycles. The molecule has 5 rings (SSSR count). The van der Waals surface area contributed by atoms with Crippen molar-refractivity contribution in [3.8, 4) is 16.9 Å². The monoisotopic (exact) mass is 446 g/mol. The van der Waals surface area contributed by atoms with Crippen LogP contribution in [0.3, 0.4) is 0 Å². The molecule has 0 saturated heterocycles. The second-order valence-electron chi connectivity index (χ2n) is 8.86. The zero-order chi connectivity index (χ0) is 23.3. The van der Waals surface area contributed by atoms with Crippen molar-refractivity contribution in [1.29, 1.82) is 0 Å². The van der Waals surface area contributed by atoms with E-state index < -0.39 is 0 Å². The summed E-state index contributed by atoms with van der Waals surface area (Å²) in [6.07, 6.45) is 1.73. The van der Waals surface area contributed by atoms with Crippen molar-refractivity contribution in [3.05, 3.63) is 120 Å². The number of hydrogen-bond donors (Lipinski definition) is 0. The van der Waals surface area contributed by atoms with Gasteiger partial charge in [0.2, 0.25) is 0 Å². The normalized spacial score (nSPS) is 11.1. The summed E-state index contributed by atoms with van der Waals surface area (Å²) in [6, 6.07) is 34.0. The molecule has 170 valence electrons. The molecule has 0 unspecified atom stereocenters. The lowest BCUT2D eigenvalue weighted by Gasteiger charge is -2.12. The molecular formula is C31H30N2O. The Balaban J connectivity index is 1.30. The minimum atomic E-state index is 0.681. The Bertz CT molecular complexity index is 1380. The van der Waals surface area contributed by atoms with Gasteiger partial charge in [-0.1, -0.05) is 72.8 Å². The lowest BCUT2D eigenvalue weighted by atomic mass is 10.0. The first-order valence-electron chi connectivity index (χ1n) is 12.0. The van der Waals surface area contributed by atoms with Crippen LogP contribution in [0, 0.1) is 13.8 Å². The van der Waals surface area contributed by atoms with E-state index in [1.54, 1.807) is 0 Å². The highest BCUT2D eigenvalue weighted by Gasteiger charge is 2.11. The maximum absolute atomic E-state index is 6.03. The molecule has 1 aromatic heterocycles. The van der Waals surface area contributed by atoms with E-state index in [0.717, 1.165) is 36.5 Å². The lowest BCUT2D eigenvalue weighted by molar-refractivity contribution is 0.301. The third kappa shape index (κ3) is 4.89. The summed E-state index contributed by atoms with van der Waals surface area (Å²) in [4.78, 5) is 4.97. The van der Waals surface area contributed by atoms with Crippen LogP contribution in [-0.2, 0) is 13.0 Å². The maximum Gasteiger partial charge on any atom is 0.119 e. The van der Waals surface area contributed by atoms with Gasteiger partial charge in [0, 0.05) is 13.0 Å². The number of para-hydroxylation sites is 2. The Kier molecular flexibility index (Phi) is 6.44. The van der Waals surface area contributed by atoms with E-state index in [1.165, 1.54) is 33.3 Å². The Morgan fingerprint density at radius 1 is 0.735 bits per heavy atom. The number of aromatic nitrogens is 2. The fourth-order valence-electron chi connectivity index (χ4n) is 4.35. The zero-order valence-electron chi connectivity index (χ0n) is 19.9. The van der Waals surface area contributed by atoms with Gasteiger partial charge in [0.1, 0.15) is 11.6 Å². The molecule has 5 aromatic rings. The number of nitrogens with zero attached hydrogens (tertiary/aromatic N) is 2. The second kappa shape index (κ2) is 9.96. The zero-order valence-corrected chi connectivity index (χ0v) is 19.9. The van der Waals surface area contributed by atoms with Gasteiger partial charge in [-0.3, -0.25) is 0 Å². The van der Waals surface area contributed by atoms with E-state index in [-0.39, 0.29) is 0 Å². The van der Waals surface area contributed by atoms with Crippen molar-refractivity contribution in [3.63, 3.8) is 0 Å². The van der Waals surface area contributed by atoms with Crippen LogP contribution < -0.4 is 4.74 Å². The Hall–Kier alpha value is -3.85. The van der Waals surface area contributed by atoms with Crippen LogP contribution in [-0.4, -0.2) is 16.2 Å². The minimum absolute atomic E-state index is 0.681. The molecule has 4 aromatic carbocycles. The van der Waals surface area contributed by atoms with Crippen LogP contribution in [0.5, 0.6) is 5.75 Å². The summed E-state index contributed by atoms with van der Waals surface area (Å²) in [5, 5.41) is 0. The fourth-order valence-corrected chi connectivity index (χ4v) is 4.35. The molecule has 0 bridgehead atoms. The number of benzene rings is 4. The maximum atomic E-state index is 6.03. The predicted octanol–water partition coefficient (Wildman–Crippen LogP) is 7.38. The van der Waals surface area contributed by atoms with Crippen molar-refractivity contribution in [2.45, 2.75) is 33.2 Å². The average molecular weight is 447 g/mol. The average Bonchev–Trinajstić information content (AvgIpc) is 3.22. The number of fused-ring (bicyclic) bond motifs is 1. The Morgan fingerprint density at radius 3 is 2.26 bits per heavy atom. The third-order valence-corrected chi connectivity index (χ3v) is 6.43. The highest BCUT2D eigenvalue weighted by atomic mass is 16.5. The van der Waals surface area contributed by atoms with Gasteiger partial charge in [0.15, 0.2) is 0 Å². The quantitative estimate of drug-likeness (QED) is 0.233. The van der Waals surface area contributed by atoms with E-state index in [4.69, 9.17) is 9.72 Å². The number of rotatable bonds is 8. The molecule has 34 heavy (non-hydrogen) atoms. The van der Waals surface area contributed by atoms with E-state index in [0.29, 0.717) is 6.61 Å². The largest absolute Gasteiger partial charge is 0.494 e. The number of imidazole rings is 1. The summed E-state index contributed by atoms with van der Waals surface area (Å²) < 4.78 is 8.38. The molecule has 3 heteroatoms. The van der Waals surface area contributed by atoms with Gasteiger partial charge >= 0.3 is 0 Å². The van der Waals surface area contributed by atoms with Crippen LogP contribution >= 0.6 is 0 Å².